The summed E-state index contributed by atoms with van der Waals surface area (Å²) in [5.74, 6) is -2.92. The van der Waals surface area contributed by atoms with Gasteiger partial charge in [-0.05, 0) is 50.0 Å². The summed E-state index contributed by atoms with van der Waals surface area (Å²) >= 11 is 0. The number of hydrogen-bond donors (Lipinski definition) is 4. The van der Waals surface area contributed by atoms with Gasteiger partial charge in [0.05, 0.1) is 29.1 Å². The summed E-state index contributed by atoms with van der Waals surface area (Å²) < 4.78 is 0. The van der Waals surface area contributed by atoms with Gasteiger partial charge >= 0.3 is 5.97 Å². The van der Waals surface area contributed by atoms with E-state index in [9.17, 15) is 39.6 Å². The monoisotopic (exact) mass is 532 g/mol. The molecule has 8 heteroatoms. The van der Waals surface area contributed by atoms with E-state index in [2.05, 4.69) is 0 Å². The second-order valence-electron chi connectivity index (χ2n) is 14.2. The minimum absolute atomic E-state index is 0.0118. The van der Waals surface area contributed by atoms with Crippen molar-refractivity contribution >= 4 is 23.3 Å². The maximum Gasteiger partial charge on any atom is 0.306 e. The van der Waals surface area contributed by atoms with E-state index in [1.54, 1.807) is 13.8 Å². The summed E-state index contributed by atoms with van der Waals surface area (Å²) in [7, 11) is 0. The van der Waals surface area contributed by atoms with Gasteiger partial charge in [0.2, 0.25) is 0 Å². The quantitative estimate of drug-likeness (QED) is 0.407. The SMILES string of the molecule is CC(CC(O)C[C@](C)(O)[C@H]1CC(=O)[C@@]2(C)C3=C(C(=O)C[C@]12C)[C@@]1(C)CCC(=O)C(C)(C)C1C[C@@H]3O)C(=O)O. The van der Waals surface area contributed by atoms with E-state index in [0.29, 0.717) is 24.0 Å². The molecule has 0 aliphatic heterocycles. The van der Waals surface area contributed by atoms with Crippen LogP contribution in [0.5, 0.6) is 0 Å². The second kappa shape index (κ2) is 8.80. The number of fused-ring (bicyclic) bond motifs is 4. The van der Waals surface area contributed by atoms with Gasteiger partial charge in [-0.15, -0.1) is 0 Å². The van der Waals surface area contributed by atoms with Gasteiger partial charge in [-0.25, -0.2) is 0 Å². The first kappa shape index (κ1) is 29.1. The number of aliphatic carboxylic acids is 1. The van der Waals surface area contributed by atoms with Crippen LogP contribution in [0.25, 0.3) is 0 Å². The molecule has 4 rings (SSSR count). The van der Waals surface area contributed by atoms with Gasteiger partial charge in [0.25, 0.3) is 0 Å². The fourth-order valence-electron chi connectivity index (χ4n) is 9.16. The zero-order valence-corrected chi connectivity index (χ0v) is 23.8. The minimum atomic E-state index is -1.55. The molecule has 0 aromatic carbocycles. The molecular formula is C30H44O8. The van der Waals surface area contributed by atoms with Crippen molar-refractivity contribution < 1.29 is 39.6 Å². The lowest BCUT2D eigenvalue weighted by Gasteiger charge is -2.60. The topological polar surface area (TPSA) is 149 Å². The predicted molar refractivity (Wildman–Crippen MR) is 139 cm³/mol. The number of carboxylic acid groups (broad SMARTS) is 1. The largest absolute Gasteiger partial charge is 0.481 e. The Morgan fingerprint density at radius 3 is 2.29 bits per heavy atom. The highest BCUT2D eigenvalue weighted by Gasteiger charge is 2.71. The molecule has 2 saturated carbocycles. The molecular weight excluding hydrogens is 488 g/mol. The summed E-state index contributed by atoms with van der Waals surface area (Å²) in [5.41, 5.74) is -4.13. The number of carbonyl (C=O) groups excluding carboxylic acids is 3. The lowest BCUT2D eigenvalue weighted by atomic mass is 9.42. The molecule has 4 N–H and O–H groups in total. The molecule has 4 aliphatic rings. The van der Waals surface area contributed by atoms with Gasteiger partial charge in [-0.2, -0.15) is 0 Å². The molecule has 8 nitrogen and oxygen atoms in total. The van der Waals surface area contributed by atoms with Gasteiger partial charge in [-0.1, -0.05) is 34.6 Å². The first-order valence-electron chi connectivity index (χ1n) is 13.9. The Morgan fingerprint density at radius 2 is 1.71 bits per heavy atom. The van der Waals surface area contributed by atoms with E-state index in [1.165, 1.54) is 6.92 Å². The summed E-state index contributed by atoms with van der Waals surface area (Å²) in [6.07, 6.45) is -1.21. The standard InChI is InChI=1S/C30H44O8/c1-15(25(36)37)10-16(31)13-29(6,38)20-12-22(35)30(7)24-17(32)11-19-26(2,3)21(34)8-9-27(19,4)23(24)18(33)14-28(20,30)5/h15-17,19-20,31-32,38H,8-14H2,1-7H3,(H,36,37)/t15?,16?,17-,19?,20-,27-,28+,29-,30-/m0/s1. The summed E-state index contributed by atoms with van der Waals surface area (Å²) in [5, 5.41) is 43.1. The number of rotatable bonds is 6. The minimum Gasteiger partial charge on any atom is -0.481 e. The van der Waals surface area contributed by atoms with Crippen molar-refractivity contribution in [2.24, 2.45) is 39.4 Å². The highest BCUT2D eigenvalue weighted by Crippen LogP contribution is 2.70. The van der Waals surface area contributed by atoms with Crippen LogP contribution >= 0.6 is 0 Å². The number of hydrogen-bond acceptors (Lipinski definition) is 7. The molecule has 0 aromatic rings. The van der Waals surface area contributed by atoms with E-state index in [0.717, 1.165) is 0 Å². The summed E-state index contributed by atoms with van der Waals surface area (Å²) in [6.45, 7) is 12.4. The van der Waals surface area contributed by atoms with Gasteiger partial charge in [-0.3, -0.25) is 19.2 Å². The maximum absolute atomic E-state index is 14.1. The van der Waals surface area contributed by atoms with Crippen molar-refractivity contribution in [2.45, 2.75) is 111 Å². The molecule has 0 heterocycles. The lowest BCUT2D eigenvalue weighted by Crippen LogP contribution is -2.60. The Kier molecular flexibility index (Phi) is 6.74. The normalized spacial score (nSPS) is 41.6. The fraction of sp³-hybridized carbons (Fsp3) is 0.800. The molecule has 0 radical (unpaired) electrons. The van der Waals surface area contributed by atoms with Crippen molar-refractivity contribution in [1.29, 1.82) is 0 Å². The van der Waals surface area contributed by atoms with Crippen LogP contribution in [0.1, 0.15) is 93.4 Å². The molecule has 0 aromatic heterocycles. The molecule has 3 unspecified atom stereocenters. The van der Waals surface area contributed by atoms with Crippen molar-refractivity contribution in [2.75, 3.05) is 0 Å². The molecule has 0 bridgehead atoms. The van der Waals surface area contributed by atoms with Gasteiger partial charge in [0, 0.05) is 48.0 Å². The van der Waals surface area contributed by atoms with Crippen molar-refractivity contribution in [3.05, 3.63) is 11.1 Å². The third kappa shape index (κ3) is 3.80. The second-order valence-corrected chi connectivity index (χ2v) is 14.2. The van der Waals surface area contributed by atoms with Crippen LogP contribution in [-0.4, -0.2) is 61.6 Å². The number of Topliss-reactive ketones (excluding diaryl/α,β-unsaturated/α-hetero) is 3. The van der Waals surface area contributed by atoms with Gasteiger partial charge in [0.1, 0.15) is 11.6 Å². The third-order valence-electron chi connectivity index (χ3n) is 11.5. The number of carbonyl (C=O) groups is 4. The molecule has 0 amide bonds. The van der Waals surface area contributed by atoms with E-state index in [-0.39, 0.29) is 55.4 Å². The molecule has 9 atom stereocenters. The summed E-state index contributed by atoms with van der Waals surface area (Å²) in [4.78, 5) is 52.1. The Hall–Kier alpha value is -1.90. The molecule has 2 fully saturated rings. The average Bonchev–Trinajstić information content (AvgIpc) is 2.99. The van der Waals surface area contributed by atoms with Crippen LogP contribution in [0.4, 0.5) is 0 Å². The Bertz CT molecular complexity index is 1120. The zero-order valence-electron chi connectivity index (χ0n) is 23.8. The zero-order chi connectivity index (χ0) is 28.8. The molecule has 0 spiro atoms. The van der Waals surface area contributed by atoms with E-state index in [4.69, 9.17) is 0 Å². The van der Waals surface area contributed by atoms with Crippen molar-refractivity contribution in [3.8, 4) is 0 Å². The Morgan fingerprint density at radius 1 is 1.11 bits per heavy atom. The van der Waals surface area contributed by atoms with Gasteiger partial charge < -0.3 is 20.4 Å². The van der Waals surface area contributed by atoms with Crippen LogP contribution in [0.15, 0.2) is 11.1 Å². The van der Waals surface area contributed by atoms with Crippen molar-refractivity contribution in [1.82, 2.24) is 0 Å². The Balaban J connectivity index is 1.78. The van der Waals surface area contributed by atoms with E-state index < -0.39 is 57.3 Å². The molecule has 212 valence electrons. The number of aliphatic hydroxyl groups excluding tert-OH is 2. The lowest BCUT2D eigenvalue weighted by molar-refractivity contribution is -0.149. The first-order valence-corrected chi connectivity index (χ1v) is 13.9. The van der Waals surface area contributed by atoms with Crippen LogP contribution in [-0.2, 0) is 19.2 Å². The van der Waals surface area contributed by atoms with Crippen LogP contribution in [0.2, 0.25) is 0 Å². The first-order chi connectivity index (χ1) is 17.2. The fourth-order valence-corrected chi connectivity index (χ4v) is 9.16. The van der Waals surface area contributed by atoms with Gasteiger partial charge in [0.15, 0.2) is 5.78 Å². The smallest absolute Gasteiger partial charge is 0.306 e. The Labute approximate surface area is 224 Å². The van der Waals surface area contributed by atoms with E-state index in [1.807, 2.05) is 27.7 Å². The summed E-state index contributed by atoms with van der Waals surface area (Å²) in [6, 6.07) is 0. The molecule has 38 heavy (non-hydrogen) atoms. The highest BCUT2D eigenvalue weighted by molar-refractivity contribution is 6.05. The number of carboxylic acids is 1. The molecule has 0 saturated heterocycles. The maximum atomic E-state index is 14.1. The van der Waals surface area contributed by atoms with E-state index >= 15 is 0 Å². The number of ketones is 3. The van der Waals surface area contributed by atoms with Crippen LogP contribution in [0.3, 0.4) is 0 Å². The molecule has 4 aliphatic carbocycles. The van der Waals surface area contributed by atoms with Crippen LogP contribution < -0.4 is 0 Å². The average molecular weight is 533 g/mol. The predicted octanol–water partition coefficient (Wildman–Crippen LogP) is 3.25. The number of aliphatic hydroxyl groups is 3. The number of allylic oxidation sites excluding steroid dienone is 1. The van der Waals surface area contributed by atoms with Crippen molar-refractivity contribution in [3.63, 3.8) is 0 Å². The third-order valence-corrected chi connectivity index (χ3v) is 11.5. The highest BCUT2D eigenvalue weighted by atomic mass is 16.4. The van der Waals surface area contributed by atoms with Crippen LogP contribution in [0, 0.1) is 39.4 Å².